The van der Waals surface area contributed by atoms with E-state index < -0.39 is 0 Å². The van der Waals surface area contributed by atoms with Gasteiger partial charge in [0.15, 0.2) is 5.78 Å². The molecule has 1 aromatic carbocycles. The first-order valence-electron chi connectivity index (χ1n) is 5.99. The molecule has 0 fully saturated rings. The molecule has 86 valence electrons. The maximum absolute atomic E-state index is 12.3. The van der Waals surface area contributed by atoms with Crippen LogP contribution in [-0.4, -0.2) is 5.78 Å². The number of carbonyl (C=O) groups is 1. The first-order valence-corrected chi connectivity index (χ1v) is 6.87. The highest BCUT2D eigenvalue weighted by atomic mass is 32.1. The van der Waals surface area contributed by atoms with E-state index in [9.17, 15) is 4.79 Å². The highest BCUT2D eigenvalue weighted by molar-refractivity contribution is 7.10. The van der Waals surface area contributed by atoms with Gasteiger partial charge in [-0.25, -0.2) is 0 Å². The average molecular weight is 242 g/mol. The van der Waals surface area contributed by atoms with Gasteiger partial charge in [0.05, 0.1) is 0 Å². The van der Waals surface area contributed by atoms with Gasteiger partial charge >= 0.3 is 0 Å². The summed E-state index contributed by atoms with van der Waals surface area (Å²) in [5.74, 6) is 0.524. The summed E-state index contributed by atoms with van der Waals surface area (Å²) in [5, 5.41) is 2.04. The Morgan fingerprint density at radius 3 is 2.82 bits per heavy atom. The number of hydrogen-bond donors (Lipinski definition) is 0. The molecule has 0 aliphatic heterocycles. The van der Waals surface area contributed by atoms with Crippen molar-refractivity contribution in [3.8, 4) is 0 Å². The van der Waals surface area contributed by atoms with E-state index in [1.54, 1.807) is 11.3 Å². The van der Waals surface area contributed by atoms with Crippen molar-refractivity contribution in [2.75, 3.05) is 0 Å². The second-order valence-electron chi connectivity index (χ2n) is 4.55. The molecule has 2 aromatic rings. The summed E-state index contributed by atoms with van der Waals surface area (Å²) >= 11 is 1.72. The summed E-state index contributed by atoms with van der Waals surface area (Å²) in [7, 11) is 0. The number of rotatable bonds is 2. The molecule has 0 spiro atoms. The van der Waals surface area contributed by atoms with Crippen LogP contribution in [0, 0.1) is 5.92 Å². The number of hydrogen-bond acceptors (Lipinski definition) is 2. The number of Topliss-reactive ketones (excluding diaryl/α,β-unsaturated/α-hetero) is 1. The largest absolute Gasteiger partial charge is 0.294 e. The van der Waals surface area contributed by atoms with Crippen molar-refractivity contribution in [2.24, 2.45) is 5.92 Å². The molecule has 1 nitrogen and oxygen atoms in total. The van der Waals surface area contributed by atoms with E-state index in [0.717, 1.165) is 24.8 Å². The molecule has 0 radical (unpaired) electrons. The van der Waals surface area contributed by atoms with Gasteiger partial charge in [-0.2, -0.15) is 0 Å². The van der Waals surface area contributed by atoms with Crippen LogP contribution in [0.4, 0.5) is 0 Å². The molecule has 0 saturated carbocycles. The van der Waals surface area contributed by atoms with E-state index in [4.69, 9.17) is 0 Å². The molecule has 1 aromatic heterocycles. The minimum Gasteiger partial charge on any atom is -0.294 e. The van der Waals surface area contributed by atoms with Crippen molar-refractivity contribution in [3.05, 3.63) is 57.8 Å². The molecule has 1 aliphatic carbocycles. The Bertz CT molecular complexity index is 527. The molecule has 0 bridgehead atoms. The Kier molecular flexibility index (Phi) is 2.81. The van der Waals surface area contributed by atoms with Crippen LogP contribution in [0.2, 0.25) is 0 Å². The lowest BCUT2D eigenvalue weighted by Gasteiger charge is -2.20. The normalized spacial score (nSPS) is 19.1. The van der Waals surface area contributed by atoms with Crippen molar-refractivity contribution >= 4 is 17.1 Å². The van der Waals surface area contributed by atoms with Gasteiger partial charge in [-0.15, -0.1) is 11.3 Å². The third-order valence-electron chi connectivity index (χ3n) is 3.43. The first-order chi connectivity index (χ1) is 8.34. The number of thiophene rings is 1. The molecular weight excluding hydrogens is 228 g/mol. The Labute approximate surface area is 105 Å². The predicted octanol–water partition coefficient (Wildman–Crippen LogP) is 3.74. The zero-order valence-electron chi connectivity index (χ0n) is 9.56. The van der Waals surface area contributed by atoms with E-state index >= 15 is 0 Å². The Morgan fingerprint density at radius 2 is 2.00 bits per heavy atom. The quantitative estimate of drug-likeness (QED) is 0.784. The smallest absolute Gasteiger partial charge is 0.167 e. The summed E-state index contributed by atoms with van der Waals surface area (Å²) < 4.78 is 0. The highest BCUT2D eigenvalue weighted by Crippen LogP contribution is 2.31. The molecular formula is C15H14OS. The SMILES string of the molecule is O=C1c2ccsc2CCC1Cc1ccccc1. The summed E-state index contributed by atoms with van der Waals surface area (Å²) in [6.07, 6.45) is 2.95. The van der Waals surface area contributed by atoms with Crippen LogP contribution < -0.4 is 0 Å². The minimum atomic E-state index is 0.180. The highest BCUT2D eigenvalue weighted by Gasteiger charge is 2.27. The molecule has 1 atom stereocenters. The third kappa shape index (κ3) is 2.05. The fourth-order valence-electron chi connectivity index (χ4n) is 2.50. The standard InChI is InChI=1S/C15H14OS/c16-15-12(10-11-4-2-1-3-5-11)6-7-14-13(15)8-9-17-14/h1-5,8-9,12H,6-7,10H2. The molecule has 0 saturated heterocycles. The lowest BCUT2D eigenvalue weighted by molar-refractivity contribution is 0.0902. The monoisotopic (exact) mass is 242 g/mol. The Morgan fingerprint density at radius 1 is 1.18 bits per heavy atom. The van der Waals surface area contributed by atoms with Gasteiger partial charge in [0.25, 0.3) is 0 Å². The molecule has 2 heteroatoms. The van der Waals surface area contributed by atoms with E-state index in [-0.39, 0.29) is 5.92 Å². The molecule has 3 rings (SSSR count). The lowest BCUT2D eigenvalue weighted by atomic mass is 9.83. The lowest BCUT2D eigenvalue weighted by Crippen LogP contribution is -2.23. The van der Waals surface area contributed by atoms with Gasteiger partial charge in [-0.3, -0.25) is 4.79 Å². The van der Waals surface area contributed by atoms with Gasteiger partial charge in [0.2, 0.25) is 0 Å². The number of benzene rings is 1. The number of fused-ring (bicyclic) bond motifs is 1. The van der Waals surface area contributed by atoms with E-state index in [2.05, 4.69) is 12.1 Å². The summed E-state index contributed by atoms with van der Waals surface area (Å²) in [4.78, 5) is 13.6. The maximum Gasteiger partial charge on any atom is 0.167 e. The molecule has 0 amide bonds. The topological polar surface area (TPSA) is 17.1 Å². The van der Waals surface area contributed by atoms with Gasteiger partial charge in [0.1, 0.15) is 0 Å². The van der Waals surface area contributed by atoms with Gasteiger partial charge in [0, 0.05) is 16.4 Å². The molecule has 1 heterocycles. The number of aryl methyl sites for hydroxylation is 1. The van der Waals surface area contributed by atoms with Crippen molar-refractivity contribution in [1.82, 2.24) is 0 Å². The predicted molar refractivity (Wildman–Crippen MR) is 70.6 cm³/mol. The summed E-state index contributed by atoms with van der Waals surface area (Å²) in [6, 6.07) is 12.3. The van der Waals surface area contributed by atoms with Crippen LogP contribution in [0.1, 0.15) is 27.2 Å². The minimum absolute atomic E-state index is 0.180. The van der Waals surface area contributed by atoms with Crippen LogP contribution in [0.25, 0.3) is 0 Å². The van der Waals surface area contributed by atoms with Crippen LogP contribution in [0.15, 0.2) is 41.8 Å². The fourth-order valence-corrected chi connectivity index (χ4v) is 3.40. The first kappa shape index (κ1) is 10.7. The zero-order valence-corrected chi connectivity index (χ0v) is 10.4. The van der Waals surface area contributed by atoms with Crippen LogP contribution in [0.5, 0.6) is 0 Å². The van der Waals surface area contributed by atoms with Gasteiger partial charge < -0.3 is 0 Å². The Hall–Kier alpha value is -1.41. The summed E-state index contributed by atoms with van der Waals surface area (Å²) in [6.45, 7) is 0. The van der Waals surface area contributed by atoms with Crippen molar-refractivity contribution in [1.29, 1.82) is 0 Å². The Balaban J connectivity index is 1.81. The van der Waals surface area contributed by atoms with Crippen LogP contribution in [-0.2, 0) is 12.8 Å². The van der Waals surface area contributed by atoms with Crippen molar-refractivity contribution < 1.29 is 4.79 Å². The molecule has 1 unspecified atom stereocenters. The van der Waals surface area contributed by atoms with Crippen LogP contribution >= 0.6 is 11.3 Å². The van der Waals surface area contributed by atoms with Crippen molar-refractivity contribution in [3.63, 3.8) is 0 Å². The molecule has 1 aliphatic rings. The van der Waals surface area contributed by atoms with Gasteiger partial charge in [-0.05, 0) is 36.3 Å². The number of ketones is 1. The molecule has 17 heavy (non-hydrogen) atoms. The second kappa shape index (κ2) is 4.46. The zero-order chi connectivity index (χ0) is 11.7. The van der Waals surface area contributed by atoms with Crippen molar-refractivity contribution in [2.45, 2.75) is 19.3 Å². The van der Waals surface area contributed by atoms with E-state index in [0.29, 0.717) is 5.78 Å². The van der Waals surface area contributed by atoms with Crippen LogP contribution in [0.3, 0.4) is 0 Å². The van der Waals surface area contributed by atoms with E-state index in [1.165, 1.54) is 10.4 Å². The average Bonchev–Trinajstić information content (AvgIpc) is 2.83. The third-order valence-corrected chi connectivity index (χ3v) is 4.41. The maximum atomic E-state index is 12.3. The fraction of sp³-hybridized carbons (Fsp3) is 0.267. The number of carbonyl (C=O) groups excluding carboxylic acids is 1. The van der Waals surface area contributed by atoms with Gasteiger partial charge in [-0.1, -0.05) is 30.3 Å². The summed E-state index contributed by atoms with van der Waals surface area (Å²) in [5.41, 5.74) is 2.24. The molecule has 0 N–H and O–H groups in total. The van der Waals surface area contributed by atoms with E-state index in [1.807, 2.05) is 29.6 Å². The second-order valence-corrected chi connectivity index (χ2v) is 5.55.